The molecule has 1 aromatic carbocycles. The van der Waals surface area contributed by atoms with Gasteiger partial charge in [0.15, 0.2) is 0 Å². The first kappa shape index (κ1) is 25.8. The normalized spacial score (nSPS) is 12.6. The van der Waals surface area contributed by atoms with Crippen LogP contribution in [0, 0.1) is 5.92 Å². The van der Waals surface area contributed by atoms with Crippen molar-refractivity contribution < 1.29 is 19.2 Å². The van der Waals surface area contributed by atoms with E-state index in [9.17, 15) is 19.2 Å². The monoisotopic (exact) mass is 531 g/mol. The molecule has 10 heteroatoms. The third-order valence-corrected chi connectivity index (χ3v) is 4.84. The van der Waals surface area contributed by atoms with Gasteiger partial charge < -0.3 is 27.0 Å². The zero-order chi connectivity index (χ0) is 22.7. The van der Waals surface area contributed by atoms with Crippen molar-refractivity contribution >= 4 is 51.9 Å². The minimum atomic E-state index is -0.689. The number of anilines is 1. The van der Waals surface area contributed by atoms with Crippen molar-refractivity contribution in [3.8, 4) is 0 Å². The summed E-state index contributed by atoms with van der Waals surface area (Å²) in [5, 5.41) is 10.9. The highest BCUT2D eigenvalue weighted by atomic mass is 127. The molecule has 0 saturated carbocycles. The smallest absolute Gasteiger partial charge is 0.251 e. The number of rotatable bonds is 11. The number of benzene rings is 1. The van der Waals surface area contributed by atoms with Gasteiger partial charge in [0, 0.05) is 24.3 Å². The fourth-order valence-electron chi connectivity index (χ4n) is 2.43. The molecule has 166 valence electrons. The van der Waals surface area contributed by atoms with E-state index in [4.69, 9.17) is 5.73 Å². The first-order chi connectivity index (χ1) is 14.1. The highest BCUT2D eigenvalue weighted by molar-refractivity contribution is 14.1. The number of alkyl halides is 1. The molecule has 1 rings (SSSR count). The number of nitrogens with one attached hydrogen (secondary N) is 4. The summed E-state index contributed by atoms with van der Waals surface area (Å²) < 4.78 is 0.354. The van der Waals surface area contributed by atoms with Crippen molar-refractivity contribution in [2.45, 2.75) is 39.3 Å². The van der Waals surface area contributed by atoms with Gasteiger partial charge in [-0.15, -0.1) is 0 Å². The van der Waals surface area contributed by atoms with Crippen molar-refractivity contribution in [3.05, 3.63) is 29.8 Å². The molecule has 1 aromatic rings. The van der Waals surface area contributed by atoms with Gasteiger partial charge in [-0.1, -0.05) is 36.4 Å². The van der Waals surface area contributed by atoms with Gasteiger partial charge in [-0.25, -0.2) is 0 Å². The van der Waals surface area contributed by atoms with E-state index in [1.807, 2.05) is 36.4 Å². The van der Waals surface area contributed by atoms with E-state index >= 15 is 0 Å². The summed E-state index contributed by atoms with van der Waals surface area (Å²) in [5.41, 5.74) is 6.64. The molecule has 0 aliphatic rings. The summed E-state index contributed by atoms with van der Waals surface area (Å²) >= 11 is 1.97. The molecular formula is C20H30IN5O4. The van der Waals surface area contributed by atoms with Crippen molar-refractivity contribution in [1.82, 2.24) is 16.0 Å². The minimum absolute atomic E-state index is 0.0861. The highest BCUT2D eigenvalue weighted by Crippen LogP contribution is 2.10. The topological polar surface area (TPSA) is 142 Å². The molecule has 0 heterocycles. The second kappa shape index (κ2) is 13.2. The Morgan fingerprint density at radius 2 is 1.57 bits per heavy atom. The number of carbonyl (C=O) groups excluding carboxylic acids is 4. The number of halogens is 1. The largest absolute Gasteiger partial charge is 0.354 e. The van der Waals surface area contributed by atoms with Crippen LogP contribution >= 0.6 is 22.6 Å². The highest BCUT2D eigenvalue weighted by Gasteiger charge is 2.24. The van der Waals surface area contributed by atoms with Gasteiger partial charge in [0.05, 0.1) is 10.5 Å². The first-order valence-corrected chi connectivity index (χ1v) is 11.3. The summed E-state index contributed by atoms with van der Waals surface area (Å²) in [7, 11) is 0. The molecule has 0 spiro atoms. The van der Waals surface area contributed by atoms with E-state index < -0.39 is 12.1 Å². The maximum atomic E-state index is 12.3. The third-order valence-electron chi connectivity index (χ3n) is 4.15. The molecular weight excluding hydrogens is 501 g/mol. The van der Waals surface area contributed by atoms with Crippen LogP contribution in [-0.4, -0.2) is 53.2 Å². The van der Waals surface area contributed by atoms with Gasteiger partial charge in [0.2, 0.25) is 17.7 Å². The van der Waals surface area contributed by atoms with Crippen LogP contribution in [0.15, 0.2) is 24.3 Å². The molecule has 0 aliphatic heterocycles. The molecule has 0 bridgehead atoms. The molecule has 4 amide bonds. The number of hydrogen-bond acceptors (Lipinski definition) is 5. The lowest BCUT2D eigenvalue weighted by atomic mass is 10.0. The van der Waals surface area contributed by atoms with Crippen LogP contribution in [0.3, 0.4) is 0 Å². The second-order valence-corrected chi connectivity index (χ2v) is 7.94. The van der Waals surface area contributed by atoms with Crippen LogP contribution < -0.4 is 27.0 Å². The van der Waals surface area contributed by atoms with Crippen LogP contribution in [0.2, 0.25) is 0 Å². The van der Waals surface area contributed by atoms with Crippen molar-refractivity contribution in [2.24, 2.45) is 11.7 Å². The predicted octanol–water partition coefficient (Wildman–Crippen LogP) is 0.784. The van der Waals surface area contributed by atoms with Crippen LogP contribution in [0.1, 0.15) is 37.6 Å². The van der Waals surface area contributed by atoms with Crippen LogP contribution in [0.4, 0.5) is 5.69 Å². The lowest BCUT2D eigenvalue weighted by Gasteiger charge is -2.22. The molecule has 30 heavy (non-hydrogen) atoms. The maximum absolute atomic E-state index is 12.3. The van der Waals surface area contributed by atoms with Crippen LogP contribution in [0.25, 0.3) is 0 Å². The van der Waals surface area contributed by atoms with Gasteiger partial charge in [-0.2, -0.15) is 0 Å². The van der Waals surface area contributed by atoms with Gasteiger partial charge in [0.25, 0.3) is 5.91 Å². The Labute approximate surface area is 190 Å². The van der Waals surface area contributed by atoms with E-state index in [2.05, 4.69) is 21.3 Å². The fourth-order valence-corrected chi connectivity index (χ4v) is 2.62. The van der Waals surface area contributed by atoms with E-state index in [0.717, 1.165) is 0 Å². The average molecular weight is 531 g/mol. The molecule has 0 aliphatic carbocycles. The zero-order valence-electron chi connectivity index (χ0n) is 17.5. The quantitative estimate of drug-likeness (QED) is 0.163. The van der Waals surface area contributed by atoms with Crippen molar-refractivity contribution in [3.63, 3.8) is 0 Å². The fraction of sp³-hybridized carbons (Fsp3) is 0.500. The molecule has 0 saturated heterocycles. The van der Waals surface area contributed by atoms with E-state index in [1.165, 1.54) is 0 Å². The Morgan fingerprint density at radius 3 is 2.10 bits per heavy atom. The molecule has 6 N–H and O–H groups in total. The van der Waals surface area contributed by atoms with Crippen molar-refractivity contribution in [1.29, 1.82) is 0 Å². The van der Waals surface area contributed by atoms with Gasteiger partial charge in [-0.3, -0.25) is 19.2 Å². The molecule has 0 radical (unpaired) electrons. The summed E-state index contributed by atoms with van der Waals surface area (Å²) in [4.78, 5) is 47.6. The Morgan fingerprint density at radius 1 is 0.967 bits per heavy atom. The lowest BCUT2D eigenvalue weighted by Crippen LogP contribution is -2.53. The number of hydrogen-bond donors (Lipinski definition) is 5. The van der Waals surface area contributed by atoms with Gasteiger partial charge >= 0.3 is 0 Å². The van der Waals surface area contributed by atoms with E-state index in [0.29, 0.717) is 35.2 Å². The SMILES string of the molecule is CC(C)[C@@H](NC(=O)[C@@H](C)N)C(=O)NCCCNC(=O)c1ccc(NC(=O)CI)cc1. The number of nitrogens with two attached hydrogens (primary N) is 1. The molecule has 0 unspecified atom stereocenters. The number of amides is 4. The predicted molar refractivity (Wildman–Crippen MR) is 124 cm³/mol. The molecule has 2 atom stereocenters. The number of carbonyl (C=O) groups is 4. The zero-order valence-corrected chi connectivity index (χ0v) is 19.6. The lowest BCUT2D eigenvalue weighted by molar-refractivity contribution is -0.130. The Bertz CT molecular complexity index is 737. The van der Waals surface area contributed by atoms with Gasteiger partial charge in [-0.05, 0) is 43.5 Å². The Kier molecular flexibility index (Phi) is 11.3. The summed E-state index contributed by atoms with van der Waals surface area (Å²) in [6.45, 7) is 5.97. The molecule has 9 nitrogen and oxygen atoms in total. The average Bonchev–Trinajstić information content (AvgIpc) is 2.71. The maximum Gasteiger partial charge on any atom is 0.251 e. The summed E-state index contributed by atoms with van der Waals surface area (Å²) in [5.74, 6) is -1.09. The molecule has 0 aromatic heterocycles. The first-order valence-electron chi connectivity index (χ1n) is 9.73. The standard InChI is InChI=1S/C20H30IN5O4/c1-12(2)17(26-18(28)13(3)22)20(30)24-10-4-9-23-19(29)14-5-7-15(8-6-14)25-16(27)11-21/h5-8,12-13,17H,4,9-11,22H2,1-3H3,(H,23,29)(H,24,30)(H,25,27)(H,26,28)/t13-,17-/m1/s1. The van der Waals surface area contributed by atoms with E-state index in [-0.39, 0.29) is 29.5 Å². The van der Waals surface area contributed by atoms with Gasteiger partial charge in [0.1, 0.15) is 6.04 Å². The van der Waals surface area contributed by atoms with Crippen LogP contribution in [-0.2, 0) is 14.4 Å². The third kappa shape index (κ3) is 9.08. The summed E-state index contributed by atoms with van der Waals surface area (Å²) in [6.07, 6.45) is 0.535. The second-order valence-electron chi connectivity index (χ2n) is 7.18. The van der Waals surface area contributed by atoms with Crippen LogP contribution in [0.5, 0.6) is 0 Å². The van der Waals surface area contributed by atoms with E-state index in [1.54, 1.807) is 31.2 Å². The Balaban J connectivity index is 2.38. The van der Waals surface area contributed by atoms with Crippen molar-refractivity contribution in [2.75, 3.05) is 22.8 Å². The minimum Gasteiger partial charge on any atom is -0.354 e. The molecule has 0 fully saturated rings. The summed E-state index contributed by atoms with van der Waals surface area (Å²) in [6, 6.07) is 5.25. The Hall–Kier alpha value is -2.21.